The maximum Gasteiger partial charge on any atom is 0.0594 e. The number of ether oxygens (including phenoxy) is 1. The maximum absolute atomic E-state index is 5.43. The van der Waals surface area contributed by atoms with Gasteiger partial charge >= 0.3 is 0 Å². The van der Waals surface area contributed by atoms with Crippen molar-refractivity contribution in [3.8, 4) is 0 Å². The molecule has 0 bridgehead atoms. The molecule has 0 aromatic heterocycles. The van der Waals surface area contributed by atoms with Gasteiger partial charge in [0, 0.05) is 18.6 Å². The molecule has 2 nitrogen and oxygen atoms in total. The molecule has 0 aromatic carbocycles. The van der Waals surface area contributed by atoms with Crippen LogP contribution in [-0.2, 0) is 4.74 Å². The smallest absolute Gasteiger partial charge is 0.0594 e. The van der Waals surface area contributed by atoms with Gasteiger partial charge in [0.25, 0.3) is 0 Å². The molecule has 0 unspecified atom stereocenters. The summed E-state index contributed by atoms with van der Waals surface area (Å²) in [5.74, 6) is 0. The Labute approximate surface area is 87.6 Å². The molecule has 1 heterocycles. The lowest BCUT2D eigenvalue weighted by Crippen LogP contribution is -2.63. The Kier molecular flexibility index (Phi) is 2.61. The molecule has 0 aromatic rings. The molecular weight excluding hydrogens is 174 g/mol. The lowest BCUT2D eigenvalue weighted by atomic mass is 9.60. The first kappa shape index (κ1) is 10.4. The Balaban J connectivity index is 2.11. The molecule has 0 N–H and O–H groups in total. The quantitative estimate of drug-likeness (QED) is 0.639. The molecule has 0 atom stereocenters. The monoisotopic (exact) mass is 197 g/mol. The van der Waals surface area contributed by atoms with E-state index in [0.29, 0.717) is 11.0 Å². The van der Waals surface area contributed by atoms with E-state index in [2.05, 4.69) is 25.7 Å². The van der Waals surface area contributed by atoms with Crippen molar-refractivity contribution in [1.82, 2.24) is 4.90 Å². The Hall–Kier alpha value is -0.0800. The molecule has 0 radical (unpaired) electrons. The van der Waals surface area contributed by atoms with Crippen molar-refractivity contribution in [1.29, 1.82) is 0 Å². The summed E-state index contributed by atoms with van der Waals surface area (Å²) in [6, 6.07) is 0. The Morgan fingerprint density at radius 3 is 2.00 bits per heavy atom. The van der Waals surface area contributed by atoms with Crippen molar-refractivity contribution in [2.45, 2.75) is 45.6 Å². The van der Waals surface area contributed by atoms with Crippen LogP contribution in [-0.4, -0.2) is 36.7 Å². The van der Waals surface area contributed by atoms with Gasteiger partial charge in [-0.05, 0) is 24.7 Å². The molecule has 2 rings (SSSR count). The van der Waals surface area contributed by atoms with E-state index in [-0.39, 0.29) is 0 Å². The third-order valence-electron chi connectivity index (χ3n) is 4.19. The van der Waals surface area contributed by atoms with Crippen molar-refractivity contribution >= 4 is 0 Å². The van der Waals surface area contributed by atoms with Gasteiger partial charge in [0.1, 0.15) is 0 Å². The average molecular weight is 197 g/mol. The minimum absolute atomic E-state index is 0.419. The fourth-order valence-electron chi connectivity index (χ4n) is 3.04. The largest absolute Gasteiger partial charge is 0.379 e. The minimum atomic E-state index is 0.419. The van der Waals surface area contributed by atoms with E-state index >= 15 is 0 Å². The van der Waals surface area contributed by atoms with Crippen molar-refractivity contribution < 1.29 is 4.74 Å². The van der Waals surface area contributed by atoms with Gasteiger partial charge in [0.15, 0.2) is 0 Å². The van der Waals surface area contributed by atoms with Crippen molar-refractivity contribution in [3.05, 3.63) is 0 Å². The first-order chi connectivity index (χ1) is 6.56. The molecule has 0 spiro atoms. The van der Waals surface area contributed by atoms with Crippen LogP contribution in [0.2, 0.25) is 0 Å². The van der Waals surface area contributed by atoms with Gasteiger partial charge in [-0.1, -0.05) is 20.8 Å². The van der Waals surface area contributed by atoms with E-state index in [1.807, 2.05) is 0 Å². The lowest BCUT2D eigenvalue weighted by Gasteiger charge is -2.59. The van der Waals surface area contributed by atoms with Crippen LogP contribution >= 0.6 is 0 Å². The zero-order chi connectivity index (χ0) is 10.2. The molecule has 2 aliphatic rings. The van der Waals surface area contributed by atoms with Gasteiger partial charge in [-0.25, -0.2) is 0 Å². The van der Waals surface area contributed by atoms with Gasteiger partial charge in [-0.15, -0.1) is 0 Å². The van der Waals surface area contributed by atoms with Crippen LogP contribution in [0.3, 0.4) is 0 Å². The lowest BCUT2D eigenvalue weighted by molar-refractivity contribution is -0.109. The zero-order valence-electron chi connectivity index (χ0n) is 9.81. The minimum Gasteiger partial charge on any atom is -0.379 e. The second kappa shape index (κ2) is 3.49. The molecule has 14 heavy (non-hydrogen) atoms. The average Bonchev–Trinajstić information content (AvgIpc) is 2.01. The highest BCUT2D eigenvalue weighted by atomic mass is 16.5. The van der Waals surface area contributed by atoms with Gasteiger partial charge in [0.2, 0.25) is 0 Å². The highest BCUT2D eigenvalue weighted by molar-refractivity contribution is 5.06. The van der Waals surface area contributed by atoms with Crippen molar-refractivity contribution in [3.63, 3.8) is 0 Å². The topological polar surface area (TPSA) is 12.5 Å². The van der Waals surface area contributed by atoms with Crippen LogP contribution in [0.4, 0.5) is 0 Å². The van der Waals surface area contributed by atoms with E-state index < -0.39 is 0 Å². The highest BCUT2D eigenvalue weighted by Gasteiger charge is 2.50. The maximum atomic E-state index is 5.43. The standard InChI is InChI=1S/C12H23NO/c1-11(2,3)12(5-4-6-12)13-7-9-14-10-8-13/h4-10H2,1-3H3. The molecule has 82 valence electrons. The summed E-state index contributed by atoms with van der Waals surface area (Å²) >= 11 is 0. The normalized spacial score (nSPS) is 28.5. The second-order valence-electron chi connectivity index (χ2n) is 5.73. The van der Waals surface area contributed by atoms with Crippen LogP contribution in [0, 0.1) is 5.41 Å². The summed E-state index contributed by atoms with van der Waals surface area (Å²) in [5.41, 5.74) is 0.902. The molecule has 1 aliphatic heterocycles. The van der Waals surface area contributed by atoms with Crippen LogP contribution in [0.1, 0.15) is 40.0 Å². The molecule has 1 aliphatic carbocycles. The van der Waals surface area contributed by atoms with Gasteiger partial charge < -0.3 is 4.74 Å². The van der Waals surface area contributed by atoms with Gasteiger partial charge in [0.05, 0.1) is 13.2 Å². The van der Waals surface area contributed by atoms with E-state index in [1.54, 1.807) is 0 Å². The second-order valence-corrected chi connectivity index (χ2v) is 5.73. The molecular formula is C12H23NO. The first-order valence-corrected chi connectivity index (χ1v) is 5.89. The molecule has 1 saturated heterocycles. The SMILES string of the molecule is CC(C)(C)C1(N2CCOCC2)CCC1. The van der Waals surface area contributed by atoms with Crippen LogP contribution in [0.5, 0.6) is 0 Å². The van der Waals surface area contributed by atoms with E-state index in [0.717, 1.165) is 26.3 Å². The predicted molar refractivity (Wildman–Crippen MR) is 58.4 cm³/mol. The molecule has 0 amide bonds. The van der Waals surface area contributed by atoms with Gasteiger partial charge in [-0.3, -0.25) is 4.90 Å². The third kappa shape index (κ3) is 1.49. The number of hydrogen-bond donors (Lipinski definition) is 0. The summed E-state index contributed by atoms with van der Waals surface area (Å²) in [6.45, 7) is 11.3. The fourth-order valence-corrected chi connectivity index (χ4v) is 3.04. The Bertz CT molecular complexity index is 197. The number of nitrogens with zero attached hydrogens (tertiary/aromatic N) is 1. The first-order valence-electron chi connectivity index (χ1n) is 5.89. The van der Waals surface area contributed by atoms with E-state index in [4.69, 9.17) is 4.74 Å². The molecule has 2 fully saturated rings. The van der Waals surface area contributed by atoms with Crippen molar-refractivity contribution in [2.75, 3.05) is 26.3 Å². The number of hydrogen-bond acceptors (Lipinski definition) is 2. The predicted octanol–water partition coefficient (Wildman–Crippen LogP) is 2.29. The molecule has 2 heteroatoms. The summed E-state index contributed by atoms with van der Waals surface area (Å²) in [7, 11) is 0. The zero-order valence-corrected chi connectivity index (χ0v) is 9.81. The molecule has 1 saturated carbocycles. The van der Waals surface area contributed by atoms with E-state index in [1.165, 1.54) is 19.3 Å². The summed E-state index contributed by atoms with van der Waals surface area (Å²) in [6.07, 6.45) is 4.18. The van der Waals surface area contributed by atoms with Gasteiger partial charge in [-0.2, -0.15) is 0 Å². The van der Waals surface area contributed by atoms with Crippen LogP contribution in [0.25, 0.3) is 0 Å². The summed E-state index contributed by atoms with van der Waals surface area (Å²) in [5, 5.41) is 0. The summed E-state index contributed by atoms with van der Waals surface area (Å²) in [4.78, 5) is 2.68. The van der Waals surface area contributed by atoms with Crippen LogP contribution < -0.4 is 0 Å². The van der Waals surface area contributed by atoms with Crippen molar-refractivity contribution in [2.24, 2.45) is 5.41 Å². The number of morpholine rings is 1. The fraction of sp³-hybridized carbons (Fsp3) is 1.00. The summed E-state index contributed by atoms with van der Waals surface area (Å²) < 4.78 is 5.43. The Morgan fingerprint density at radius 1 is 1.07 bits per heavy atom. The third-order valence-corrected chi connectivity index (χ3v) is 4.19. The van der Waals surface area contributed by atoms with Crippen LogP contribution in [0.15, 0.2) is 0 Å². The number of rotatable bonds is 1. The highest BCUT2D eigenvalue weighted by Crippen LogP contribution is 2.50. The van der Waals surface area contributed by atoms with E-state index in [9.17, 15) is 0 Å². The Morgan fingerprint density at radius 2 is 1.64 bits per heavy atom.